The first-order valence-electron chi connectivity index (χ1n) is 6.52. The molecule has 1 aliphatic heterocycles. The zero-order chi connectivity index (χ0) is 13.9. The normalized spacial score (nSPS) is 14.5. The van der Waals surface area contributed by atoms with E-state index in [1.165, 1.54) is 5.56 Å². The Bertz CT molecular complexity index is 616. The Morgan fingerprint density at radius 1 is 1.30 bits per heavy atom. The van der Waals surface area contributed by atoms with Crippen LogP contribution in [0, 0.1) is 0 Å². The number of ether oxygens (including phenoxy) is 2. The van der Waals surface area contributed by atoms with Crippen LogP contribution in [0.15, 0.2) is 36.7 Å². The summed E-state index contributed by atoms with van der Waals surface area (Å²) in [5.41, 5.74) is 6.11. The summed E-state index contributed by atoms with van der Waals surface area (Å²) in [6, 6.07) is 7.96. The van der Waals surface area contributed by atoms with E-state index in [9.17, 15) is 0 Å². The van der Waals surface area contributed by atoms with Gasteiger partial charge in [-0.25, -0.2) is 5.43 Å². The number of fused-ring (bicyclic) bond motifs is 1. The maximum absolute atomic E-state index is 5.72. The molecule has 0 spiro atoms. The quantitative estimate of drug-likeness (QED) is 0.652. The van der Waals surface area contributed by atoms with Crippen molar-refractivity contribution < 1.29 is 9.47 Å². The average Bonchev–Trinajstić information content (AvgIpc) is 2.96. The third kappa shape index (κ3) is 2.33. The van der Waals surface area contributed by atoms with Gasteiger partial charge in [-0.15, -0.1) is 0 Å². The highest BCUT2D eigenvalue weighted by Gasteiger charge is 2.18. The summed E-state index contributed by atoms with van der Waals surface area (Å²) in [7, 11) is 1.62. The van der Waals surface area contributed by atoms with Crippen LogP contribution in [0.3, 0.4) is 0 Å². The molecule has 0 saturated carbocycles. The van der Waals surface area contributed by atoms with Crippen LogP contribution in [0.1, 0.15) is 22.7 Å². The van der Waals surface area contributed by atoms with Crippen LogP contribution in [0.25, 0.3) is 0 Å². The van der Waals surface area contributed by atoms with Crippen LogP contribution in [0.4, 0.5) is 0 Å². The fourth-order valence-electron chi connectivity index (χ4n) is 2.48. The average molecular weight is 271 g/mol. The minimum Gasteiger partial charge on any atom is -0.495 e. The van der Waals surface area contributed by atoms with E-state index in [2.05, 4.69) is 16.5 Å². The number of hydrogen-bond acceptors (Lipinski definition) is 5. The van der Waals surface area contributed by atoms with Crippen LogP contribution in [0.5, 0.6) is 11.5 Å². The summed E-state index contributed by atoms with van der Waals surface area (Å²) < 4.78 is 10.7. The van der Waals surface area contributed by atoms with Gasteiger partial charge in [-0.1, -0.05) is 12.1 Å². The van der Waals surface area contributed by atoms with Crippen LogP contribution >= 0.6 is 0 Å². The second kappa shape index (κ2) is 5.48. The standard InChI is InChI=1S/C15H17N3O2/c1-19-13-7-12(8-17-9-13)15(18-16)11-2-3-14-10(6-11)4-5-20-14/h2-3,6-9,15,18H,4-5,16H2,1H3. The second-order valence-corrected chi connectivity index (χ2v) is 4.72. The number of hydrogen-bond donors (Lipinski definition) is 2. The summed E-state index contributed by atoms with van der Waals surface area (Å²) >= 11 is 0. The van der Waals surface area contributed by atoms with Crippen LogP contribution in [-0.2, 0) is 6.42 Å². The Kier molecular flexibility index (Phi) is 3.54. The third-order valence-electron chi connectivity index (χ3n) is 3.52. The molecule has 2 aromatic rings. The van der Waals surface area contributed by atoms with Gasteiger partial charge in [-0.3, -0.25) is 10.8 Å². The van der Waals surface area contributed by atoms with Crippen molar-refractivity contribution >= 4 is 0 Å². The second-order valence-electron chi connectivity index (χ2n) is 4.72. The minimum atomic E-state index is -0.122. The van der Waals surface area contributed by atoms with Crippen LogP contribution in [0.2, 0.25) is 0 Å². The van der Waals surface area contributed by atoms with Crippen molar-refractivity contribution in [3.63, 3.8) is 0 Å². The molecular formula is C15H17N3O2. The molecular weight excluding hydrogens is 254 g/mol. The lowest BCUT2D eigenvalue weighted by Crippen LogP contribution is -2.29. The topological polar surface area (TPSA) is 69.4 Å². The molecule has 1 aromatic carbocycles. The number of rotatable bonds is 4. The Morgan fingerprint density at radius 3 is 3.00 bits per heavy atom. The van der Waals surface area contributed by atoms with Gasteiger partial charge in [0.1, 0.15) is 11.5 Å². The lowest BCUT2D eigenvalue weighted by molar-refractivity contribution is 0.357. The smallest absolute Gasteiger partial charge is 0.137 e. The summed E-state index contributed by atoms with van der Waals surface area (Å²) in [5, 5.41) is 0. The van der Waals surface area contributed by atoms with Crippen molar-refractivity contribution in [1.29, 1.82) is 0 Å². The molecule has 0 aliphatic carbocycles. The molecule has 5 heteroatoms. The highest BCUT2D eigenvalue weighted by molar-refractivity contribution is 5.43. The molecule has 0 amide bonds. The van der Waals surface area contributed by atoms with Crippen LogP contribution < -0.4 is 20.7 Å². The van der Waals surface area contributed by atoms with Crippen molar-refractivity contribution in [1.82, 2.24) is 10.4 Å². The molecule has 104 valence electrons. The highest BCUT2D eigenvalue weighted by atomic mass is 16.5. The molecule has 3 rings (SSSR count). The number of methoxy groups -OCH3 is 1. The van der Waals surface area contributed by atoms with Gasteiger partial charge in [0.05, 0.1) is 26.0 Å². The fraction of sp³-hybridized carbons (Fsp3) is 0.267. The Morgan fingerprint density at radius 2 is 2.20 bits per heavy atom. The zero-order valence-electron chi connectivity index (χ0n) is 11.3. The van der Waals surface area contributed by atoms with Gasteiger partial charge in [0.15, 0.2) is 0 Å². The molecule has 20 heavy (non-hydrogen) atoms. The zero-order valence-corrected chi connectivity index (χ0v) is 11.3. The molecule has 5 nitrogen and oxygen atoms in total. The third-order valence-corrected chi connectivity index (χ3v) is 3.52. The van der Waals surface area contributed by atoms with E-state index in [4.69, 9.17) is 15.3 Å². The van der Waals surface area contributed by atoms with Gasteiger partial charge < -0.3 is 9.47 Å². The van der Waals surface area contributed by atoms with E-state index in [1.807, 2.05) is 18.2 Å². The van der Waals surface area contributed by atoms with Crippen molar-refractivity contribution in [3.05, 3.63) is 53.3 Å². The predicted octanol–water partition coefficient (Wildman–Crippen LogP) is 1.58. The maximum Gasteiger partial charge on any atom is 0.137 e. The highest BCUT2D eigenvalue weighted by Crippen LogP contribution is 2.30. The van der Waals surface area contributed by atoms with Crippen molar-refractivity contribution in [3.8, 4) is 11.5 Å². The molecule has 0 radical (unpaired) electrons. The summed E-state index contributed by atoms with van der Waals surface area (Å²) in [6.07, 6.45) is 4.40. The number of nitrogens with zero attached hydrogens (tertiary/aromatic N) is 1. The van der Waals surface area contributed by atoms with Crippen LogP contribution in [-0.4, -0.2) is 18.7 Å². The first kappa shape index (κ1) is 12.9. The Balaban J connectivity index is 1.96. The molecule has 1 atom stereocenters. The molecule has 0 bridgehead atoms. The van der Waals surface area contributed by atoms with Gasteiger partial charge in [0.2, 0.25) is 0 Å². The number of benzene rings is 1. The Labute approximate surface area is 117 Å². The summed E-state index contributed by atoms with van der Waals surface area (Å²) in [6.45, 7) is 0.750. The number of hydrazine groups is 1. The minimum absolute atomic E-state index is 0.122. The molecule has 0 fully saturated rings. The number of nitrogens with one attached hydrogen (secondary N) is 1. The molecule has 1 aromatic heterocycles. The first-order chi connectivity index (χ1) is 9.81. The largest absolute Gasteiger partial charge is 0.495 e. The number of aromatic nitrogens is 1. The monoisotopic (exact) mass is 271 g/mol. The van der Waals surface area contributed by atoms with E-state index >= 15 is 0 Å². The maximum atomic E-state index is 5.72. The van der Waals surface area contributed by atoms with E-state index in [0.717, 1.165) is 29.9 Å². The SMILES string of the molecule is COc1cncc(C(NN)c2ccc3c(c2)CCO3)c1. The van der Waals surface area contributed by atoms with Gasteiger partial charge in [0, 0.05) is 12.6 Å². The van der Waals surface area contributed by atoms with Gasteiger partial charge in [-0.05, 0) is 28.8 Å². The molecule has 3 N–H and O–H groups in total. The predicted molar refractivity (Wildman–Crippen MR) is 75.6 cm³/mol. The Hall–Kier alpha value is -2.11. The number of pyridine rings is 1. The summed E-state index contributed by atoms with van der Waals surface area (Å²) in [5.74, 6) is 7.40. The van der Waals surface area contributed by atoms with Gasteiger partial charge in [-0.2, -0.15) is 0 Å². The lowest BCUT2D eigenvalue weighted by Gasteiger charge is -2.17. The van der Waals surface area contributed by atoms with Crippen molar-refractivity contribution in [2.45, 2.75) is 12.5 Å². The van der Waals surface area contributed by atoms with E-state index in [0.29, 0.717) is 5.75 Å². The first-order valence-corrected chi connectivity index (χ1v) is 6.52. The lowest BCUT2D eigenvalue weighted by atomic mass is 9.98. The van der Waals surface area contributed by atoms with Crippen molar-refractivity contribution in [2.24, 2.45) is 5.84 Å². The number of nitrogens with two attached hydrogens (primary N) is 1. The molecule has 1 aliphatic rings. The molecule has 1 unspecified atom stereocenters. The van der Waals surface area contributed by atoms with E-state index in [1.54, 1.807) is 19.5 Å². The van der Waals surface area contributed by atoms with E-state index in [-0.39, 0.29) is 6.04 Å². The molecule has 0 saturated heterocycles. The fourth-order valence-corrected chi connectivity index (χ4v) is 2.48. The van der Waals surface area contributed by atoms with Crippen molar-refractivity contribution in [2.75, 3.05) is 13.7 Å². The molecule has 2 heterocycles. The van der Waals surface area contributed by atoms with E-state index < -0.39 is 0 Å². The summed E-state index contributed by atoms with van der Waals surface area (Å²) in [4.78, 5) is 4.18. The van der Waals surface area contributed by atoms with Gasteiger partial charge in [0.25, 0.3) is 0 Å². The van der Waals surface area contributed by atoms with Gasteiger partial charge >= 0.3 is 0 Å².